The number of hydrogen-bond acceptors (Lipinski definition) is 4. The maximum Gasteiger partial charge on any atom is 0.347 e. The van der Waals surface area contributed by atoms with Gasteiger partial charge in [0.25, 0.3) is 0 Å². The summed E-state index contributed by atoms with van der Waals surface area (Å²) in [5, 5.41) is -0.787. The standard InChI is InChI=1S/C25H41Cl2NO3/c1-5-6-7-8-9-10-11-12-13-14-15-16-17-20(2)30-23(29)24-19-21(26)18-22(28(3)4)25(24,27)31-24/h18-20H,5-17H2,1-4H3. The van der Waals surface area contributed by atoms with Gasteiger partial charge in [-0.1, -0.05) is 101 Å². The number of carbonyl (C=O) groups excluding carboxylic acids is 1. The van der Waals surface area contributed by atoms with E-state index in [-0.39, 0.29) is 6.10 Å². The number of epoxide rings is 1. The summed E-state index contributed by atoms with van der Waals surface area (Å²) in [4.78, 5) is 14.6. The summed E-state index contributed by atoms with van der Waals surface area (Å²) in [7, 11) is 3.69. The Morgan fingerprint density at radius 1 is 1.03 bits per heavy atom. The van der Waals surface area contributed by atoms with Gasteiger partial charge in [-0.2, -0.15) is 0 Å². The topological polar surface area (TPSA) is 42.1 Å². The lowest BCUT2D eigenvalue weighted by Crippen LogP contribution is -2.39. The number of carbonyl (C=O) groups is 1. The molecule has 178 valence electrons. The Morgan fingerprint density at radius 3 is 2.06 bits per heavy atom. The fourth-order valence-corrected chi connectivity index (χ4v) is 5.00. The first-order chi connectivity index (χ1) is 14.8. The molecule has 6 heteroatoms. The molecule has 1 fully saturated rings. The van der Waals surface area contributed by atoms with Crippen LogP contribution in [0.1, 0.15) is 97.3 Å². The third-order valence-electron chi connectivity index (χ3n) is 6.24. The number of nitrogens with zero attached hydrogens (tertiary/aromatic N) is 1. The average molecular weight is 475 g/mol. The summed E-state index contributed by atoms with van der Waals surface area (Å²) in [6.07, 6.45) is 19.7. The van der Waals surface area contributed by atoms with Gasteiger partial charge in [-0.25, -0.2) is 4.79 Å². The van der Waals surface area contributed by atoms with Crippen molar-refractivity contribution in [3.05, 3.63) is 22.9 Å². The summed E-state index contributed by atoms with van der Waals surface area (Å²) in [6, 6.07) is 0. The van der Waals surface area contributed by atoms with Crippen LogP contribution in [-0.4, -0.2) is 41.7 Å². The normalized spacial score (nSPS) is 25.4. The van der Waals surface area contributed by atoms with E-state index in [1.54, 1.807) is 12.2 Å². The summed E-state index contributed by atoms with van der Waals surface area (Å²) < 4.78 is 11.4. The van der Waals surface area contributed by atoms with Gasteiger partial charge in [0.1, 0.15) is 0 Å². The van der Waals surface area contributed by atoms with Crippen molar-refractivity contribution in [2.24, 2.45) is 0 Å². The molecule has 0 saturated carbocycles. The Kier molecular flexibility index (Phi) is 10.7. The number of halogens is 2. The number of ether oxygens (including phenoxy) is 2. The molecule has 1 saturated heterocycles. The highest BCUT2D eigenvalue weighted by Crippen LogP contribution is 2.61. The number of alkyl halides is 1. The monoisotopic (exact) mass is 473 g/mol. The fourth-order valence-electron chi connectivity index (χ4n) is 4.27. The van der Waals surface area contributed by atoms with Crippen LogP contribution in [0, 0.1) is 0 Å². The van der Waals surface area contributed by atoms with Crippen molar-refractivity contribution in [1.82, 2.24) is 4.90 Å². The van der Waals surface area contributed by atoms with Crippen LogP contribution in [0.5, 0.6) is 0 Å². The quantitative estimate of drug-likeness (QED) is 0.102. The molecule has 0 amide bonds. The molecule has 0 bridgehead atoms. The van der Waals surface area contributed by atoms with E-state index in [9.17, 15) is 4.79 Å². The van der Waals surface area contributed by atoms with Crippen LogP contribution < -0.4 is 0 Å². The molecule has 1 aliphatic heterocycles. The molecule has 0 aromatic rings. The Hall–Kier alpha value is -0.710. The van der Waals surface area contributed by atoms with Crippen molar-refractivity contribution in [2.75, 3.05) is 14.1 Å². The number of esters is 1. The van der Waals surface area contributed by atoms with Gasteiger partial charge in [-0.15, -0.1) is 0 Å². The molecule has 1 aliphatic carbocycles. The molecule has 31 heavy (non-hydrogen) atoms. The number of allylic oxidation sites excluding steroid dienone is 2. The van der Waals surface area contributed by atoms with E-state index in [1.165, 1.54) is 70.6 Å². The lowest BCUT2D eigenvalue weighted by atomic mass is 9.96. The highest BCUT2D eigenvalue weighted by atomic mass is 35.5. The first-order valence-electron chi connectivity index (χ1n) is 12.1. The van der Waals surface area contributed by atoms with Crippen molar-refractivity contribution in [2.45, 2.75) is 114 Å². The van der Waals surface area contributed by atoms with Crippen LogP contribution in [-0.2, 0) is 14.3 Å². The van der Waals surface area contributed by atoms with Gasteiger partial charge in [-0.3, -0.25) is 0 Å². The molecule has 2 rings (SSSR count). The van der Waals surface area contributed by atoms with E-state index in [2.05, 4.69) is 6.92 Å². The van der Waals surface area contributed by atoms with Crippen LogP contribution >= 0.6 is 23.2 Å². The summed E-state index contributed by atoms with van der Waals surface area (Å²) in [6.45, 7) is 4.20. The number of likely N-dealkylation sites (N-methyl/N-ethyl adjacent to an activating group) is 1. The maximum atomic E-state index is 12.8. The highest BCUT2D eigenvalue weighted by molar-refractivity contribution is 6.35. The molecule has 1 heterocycles. The lowest BCUT2D eigenvalue weighted by Gasteiger charge is -2.25. The van der Waals surface area contributed by atoms with Gasteiger partial charge in [0, 0.05) is 19.1 Å². The average Bonchev–Trinajstić information content (AvgIpc) is 3.34. The summed E-state index contributed by atoms with van der Waals surface area (Å²) in [5.74, 6) is -0.459. The third-order valence-corrected chi connectivity index (χ3v) is 7.01. The molecule has 0 aromatic heterocycles. The Morgan fingerprint density at radius 2 is 1.55 bits per heavy atom. The van der Waals surface area contributed by atoms with Crippen LogP contribution in [0.3, 0.4) is 0 Å². The molecule has 0 aromatic carbocycles. The largest absolute Gasteiger partial charge is 0.460 e. The van der Waals surface area contributed by atoms with Crippen LogP contribution in [0.25, 0.3) is 0 Å². The van der Waals surface area contributed by atoms with Crippen molar-refractivity contribution < 1.29 is 14.3 Å². The van der Waals surface area contributed by atoms with Crippen LogP contribution in [0.15, 0.2) is 22.9 Å². The second kappa shape index (κ2) is 12.5. The number of unbranched alkanes of at least 4 members (excludes halogenated alkanes) is 11. The van der Waals surface area contributed by atoms with Crippen LogP contribution in [0.2, 0.25) is 0 Å². The molecular weight excluding hydrogens is 433 g/mol. The van der Waals surface area contributed by atoms with Gasteiger partial charge in [0.15, 0.2) is 0 Å². The number of hydrogen-bond donors (Lipinski definition) is 0. The zero-order valence-corrected chi connectivity index (χ0v) is 21.4. The van der Waals surface area contributed by atoms with E-state index < -0.39 is 16.6 Å². The zero-order valence-electron chi connectivity index (χ0n) is 19.9. The van der Waals surface area contributed by atoms with Gasteiger partial charge >= 0.3 is 5.97 Å². The van der Waals surface area contributed by atoms with Gasteiger partial charge in [0.05, 0.1) is 11.8 Å². The smallest absolute Gasteiger partial charge is 0.347 e. The van der Waals surface area contributed by atoms with Gasteiger partial charge < -0.3 is 14.4 Å². The zero-order chi connectivity index (χ0) is 22.9. The fraction of sp³-hybridized carbons (Fsp3) is 0.800. The van der Waals surface area contributed by atoms with Crippen molar-refractivity contribution in [1.29, 1.82) is 0 Å². The molecular formula is C25H41Cl2NO3. The van der Waals surface area contributed by atoms with Gasteiger partial charge in [-0.05, 0) is 31.9 Å². The number of fused-ring (bicyclic) bond motifs is 1. The highest BCUT2D eigenvalue weighted by Gasteiger charge is 2.78. The van der Waals surface area contributed by atoms with E-state index in [1.807, 2.05) is 25.9 Å². The first-order valence-corrected chi connectivity index (χ1v) is 12.9. The summed E-state index contributed by atoms with van der Waals surface area (Å²) in [5.41, 5.74) is -0.655. The summed E-state index contributed by atoms with van der Waals surface area (Å²) >= 11 is 12.8. The Balaban J connectivity index is 1.58. The molecule has 2 aliphatic rings. The predicted molar refractivity (Wildman–Crippen MR) is 129 cm³/mol. The second-order valence-corrected chi connectivity index (χ2v) is 10.2. The predicted octanol–water partition coefficient (Wildman–Crippen LogP) is 7.30. The Labute approximate surface area is 199 Å². The molecule has 0 N–H and O–H groups in total. The van der Waals surface area contributed by atoms with E-state index in [4.69, 9.17) is 32.7 Å². The second-order valence-electron chi connectivity index (χ2n) is 9.28. The minimum Gasteiger partial charge on any atom is -0.460 e. The molecule has 4 nitrogen and oxygen atoms in total. The maximum absolute atomic E-state index is 12.8. The third kappa shape index (κ3) is 7.14. The van der Waals surface area contributed by atoms with Gasteiger partial charge in [0.2, 0.25) is 10.7 Å². The first kappa shape index (κ1) is 26.5. The lowest BCUT2D eigenvalue weighted by molar-refractivity contribution is -0.153. The Bertz CT molecular complexity index is 649. The van der Waals surface area contributed by atoms with E-state index in [0.29, 0.717) is 10.7 Å². The van der Waals surface area contributed by atoms with E-state index >= 15 is 0 Å². The van der Waals surface area contributed by atoms with Crippen molar-refractivity contribution in [3.8, 4) is 0 Å². The minimum absolute atomic E-state index is 0.170. The SMILES string of the molecule is CCCCCCCCCCCCCCC(C)OC(=O)C12C=C(Cl)C=C(N(C)C)C1(Cl)O2. The molecule has 3 atom stereocenters. The van der Waals surface area contributed by atoms with E-state index in [0.717, 1.165) is 12.8 Å². The number of rotatable bonds is 16. The van der Waals surface area contributed by atoms with Crippen molar-refractivity contribution in [3.63, 3.8) is 0 Å². The molecule has 3 unspecified atom stereocenters. The molecule has 0 radical (unpaired) electrons. The van der Waals surface area contributed by atoms with Crippen LogP contribution in [0.4, 0.5) is 0 Å². The minimum atomic E-state index is -1.31. The van der Waals surface area contributed by atoms with Crippen molar-refractivity contribution >= 4 is 29.2 Å². The molecule has 0 spiro atoms.